The molecule has 1 amide bonds. The molecule has 2 N–H and O–H groups in total. The van der Waals surface area contributed by atoms with Crippen LogP contribution >= 0.6 is 0 Å². The molecule has 6 heteroatoms. The Morgan fingerprint density at radius 2 is 2.04 bits per heavy atom. The van der Waals surface area contributed by atoms with E-state index in [1.165, 1.54) is 30.7 Å². The molecule has 1 saturated carbocycles. The molecule has 2 aliphatic rings. The van der Waals surface area contributed by atoms with Crippen LogP contribution in [0.15, 0.2) is 30.3 Å². The van der Waals surface area contributed by atoms with E-state index < -0.39 is 0 Å². The highest BCUT2D eigenvalue weighted by Crippen LogP contribution is 2.40. The van der Waals surface area contributed by atoms with Gasteiger partial charge in [-0.15, -0.1) is 0 Å². The van der Waals surface area contributed by atoms with E-state index in [0.29, 0.717) is 11.5 Å². The Bertz CT molecular complexity index is 747. The summed E-state index contributed by atoms with van der Waals surface area (Å²) in [6.07, 6.45) is 4.56. The first-order valence-corrected chi connectivity index (χ1v) is 9.01. The molecule has 0 spiro atoms. The number of halogens is 1. The molecule has 2 aromatic rings. The summed E-state index contributed by atoms with van der Waals surface area (Å²) in [6, 6.07) is 8.56. The molecule has 1 aliphatic carbocycles. The maximum absolute atomic E-state index is 13.2. The van der Waals surface area contributed by atoms with Gasteiger partial charge in [-0.2, -0.15) is 5.10 Å². The third-order valence-corrected chi connectivity index (χ3v) is 5.04. The minimum absolute atomic E-state index is 0.0418. The number of aromatic amines is 1. The summed E-state index contributed by atoms with van der Waals surface area (Å²) in [6.45, 7) is 1.78. The van der Waals surface area contributed by atoms with Crippen molar-refractivity contribution in [2.45, 2.75) is 44.1 Å². The number of nitrogens with zero attached hydrogens (tertiary/aromatic N) is 2. The van der Waals surface area contributed by atoms with Crippen LogP contribution in [0.3, 0.4) is 0 Å². The van der Waals surface area contributed by atoms with E-state index in [2.05, 4.69) is 26.5 Å². The van der Waals surface area contributed by atoms with Gasteiger partial charge in [-0.3, -0.25) is 9.89 Å². The Labute approximate surface area is 146 Å². The number of hydrogen-bond acceptors (Lipinski definition) is 3. The van der Waals surface area contributed by atoms with E-state index in [4.69, 9.17) is 0 Å². The Balaban J connectivity index is 1.26. The fourth-order valence-corrected chi connectivity index (χ4v) is 3.45. The maximum atomic E-state index is 13.2. The lowest BCUT2D eigenvalue weighted by atomic mass is 10.0. The molecular formula is C19H23FN4O. The summed E-state index contributed by atoms with van der Waals surface area (Å²) in [5, 5.41) is 10.7. The van der Waals surface area contributed by atoms with Gasteiger partial charge in [0.05, 0.1) is 6.42 Å². The highest BCUT2D eigenvalue weighted by atomic mass is 19.1. The van der Waals surface area contributed by atoms with E-state index in [-0.39, 0.29) is 24.2 Å². The SMILES string of the molecule is O=C(Cc1cccc(F)c1)NC1CCN(c2cc(C3CC3)[nH]n2)CC1. The van der Waals surface area contributed by atoms with Gasteiger partial charge in [0.15, 0.2) is 5.82 Å². The van der Waals surface area contributed by atoms with Crippen LogP contribution in [0.1, 0.15) is 42.9 Å². The predicted molar refractivity (Wildman–Crippen MR) is 94.0 cm³/mol. The minimum Gasteiger partial charge on any atom is -0.355 e. The van der Waals surface area contributed by atoms with Gasteiger partial charge in [0.25, 0.3) is 0 Å². The first-order valence-electron chi connectivity index (χ1n) is 9.01. The number of aromatic nitrogens is 2. The molecule has 5 nitrogen and oxygen atoms in total. The molecule has 2 fully saturated rings. The van der Waals surface area contributed by atoms with Crippen molar-refractivity contribution in [1.29, 1.82) is 0 Å². The second-order valence-corrected chi connectivity index (χ2v) is 7.09. The third-order valence-electron chi connectivity index (χ3n) is 5.04. The smallest absolute Gasteiger partial charge is 0.224 e. The summed E-state index contributed by atoms with van der Waals surface area (Å²) < 4.78 is 13.2. The standard InChI is InChI=1S/C19H23FN4O/c20-15-3-1-2-13(10-15)11-19(25)21-16-6-8-24(9-7-16)18-12-17(22-23-18)14-4-5-14/h1-3,10,12,14,16H,4-9,11H2,(H,21,25)(H,22,23). The number of piperidine rings is 1. The summed E-state index contributed by atoms with van der Waals surface area (Å²) >= 11 is 0. The molecule has 1 aromatic heterocycles. The number of nitrogens with one attached hydrogen (secondary N) is 2. The highest BCUT2D eigenvalue weighted by molar-refractivity contribution is 5.78. The number of carbonyl (C=O) groups excluding carboxylic acids is 1. The number of hydrogen-bond donors (Lipinski definition) is 2. The number of amides is 1. The van der Waals surface area contributed by atoms with Gasteiger partial charge in [-0.05, 0) is 43.4 Å². The molecule has 0 radical (unpaired) electrons. The van der Waals surface area contributed by atoms with Crippen molar-refractivity contribution in [2.75, 3.05) is 18.0 Å². The summed E-state index contributed by atoms with van der Waals surface area (Å²) in [5.41, 5.74) is 1.96. The topological polar surface area (TPSA) is 61.0 Å². The van der Waals surface area contributed by atoms with Crippen molar-refractivity contribution in [3.63, 3.8) is 0 Å². The number of anilines is 1. The van der Waals surface area contributed by atoms with Crippen molar-refractivity contribution in [1.82, 2.24) is 15.5 Å². The van der Waals surface area contributed by atoms with Gasteiger partial charge in [-0.25, -0.2) is 4.39 Å². The van der Waals surface area contributed by atoms with Crippen LogP contribution in [0.4, 0.5) is 10.2 Å². The Kier molecular flexibility index (Phi) is 4.42. The molecule has 132 valence electrons. The van der Waals surface area contributed by atoms with Crippen molar-refractivity contribution >= 4 is 11.7 Å². The van der Waals surface area contributed by atoms with Crippen LogP contribution in [-0.4, -0.2) is 35.2 Å². The number of H-pyrrole nitrogens is 1. The Morgan fingerprint density at radius 3 is 2.76 bits per heavy atom. The third kappa shape index (κ3) is 4.00. The highest BCUT2D eigenvalue weighted by Gasteiger charge is 2.27. The average Bonchev–Trinajstić information content (AvgIpc) is 3.33. The fraction of sp³-hybridized carbons (Fsp3) is 0.474. The number of benzene rings is 1. The van der Waals surface area contributed by atoms with E-state index >= 15 is 0 Å². The van der Waals surface area contributed by atoms with Crippen molar-refractivity contribution in [3.05, 3.63) is 47.4 Å². The fourth-order valence-electron chi connectivity index (χ4n) is 3.45. The zero-order valence-corrected chi connectivity index (χ0v) is 14.2. The van der Waals surface area contributed by atoms with Gasteiger partial charge in [-0.1, -0.05) is 12.1 Å². The van der Waals surface area contributed by atoms with Gasteiger partial charge < -0.3 is 10.2 Å². The monoisotopic (exact) mass is 342 g/mol. The van der Waals surface area contributed by atoms with Crippen molar-refractivity contribution in [3.8, 4) is 0 Å². The molecule has 25 heavy (non-hydrogen) atoms. The molecule has 1 aliphatic heterocycles. The lowest BCUT2D eigenvalue weighted by Crippen LogP contribution is -2.45. The predicted octanol–water partition coefficient (Wildman–Crippen LogP) is 2.75. The molecule has 0 atom stereocenters. The maximum Gasteiger partial charge on any atom is 0.224 e. The van der Waals surface area contributed by atoms with Gasteiger partial charge in [0.2, 0.25) is 5.91 Å². The molecular weight excluding hydrogens is 319 g/mol. The zero-order chi connectivity index (χ0) is 17.2. The number of rotatable bonds is 5. The van der Waals surface area contributed by atoms with E-state index in [0.717, 1.165) is 31.7 Å². The Hall–Kier alpha value is -2.37. The zero-order valence-electron chi connectivity index (χ0n) is 14.2. The summed E-state index contributed by atoms with van der Waals surface area (Å²) in [4.78, 5) is 14.4. The van der Waals surface area contributed by atoms with Crippen molar-refractivity contribution < 1.29 is 9.18 Å². The molecule has 2 heterocycles. The van der Waals surface area contributed by atoms with E-state index in [1.807, 2.05) is 0 Å². The van der Waals surface area contributed by atoms with Crippen LogP contribution in [0.5, 0.6) is 0 Å². The quantitative estimate of drug-likeness (QED) is 0.878. The van der Waals surface area contributed by atoms with Crippen LogP contribution < -0.4 is 10.2 Å². The van der Waals surface area contributed by atoms with Gasteiger partial charge in [0.1, 0.15) is 5.82 Å². The van der Waals surface area contributed by atoms with E-state index in [1.54, 1.807) is 12.1 Å². The average molecular weight is 342 g/mol. The van der Waals surface area contributed by atoms with Crippen LogP contribution in [-0.2, 0) is 11.2 Å². The summed E-state index contributed by atoms with van der Waals surface area (Å²) in [7, 11) is 0. The van der Waals surface area contributed by atoms with Crippen LogP contribution in [0.2, 0.25) is 0 Å². The van der Waals surface area contributed by atoms with Gasteiger partial charge >= 0.3 is 0 Å². The van der Waals surface area contributed by atoms with Gasteiger partial charge in [0, 0.05) is 36.8 Å². The lowest BCUT2D eigenvalue weighted by molar-refractivity contribution is -0.121. The second-order valence-electron chi connectivity index (χ2n) is 7.09. The Morgan fingerprint density at radius 1 is 1.24 bits per heavy atom. The summed E-state index contributed by atoms with van der Waals surface area (Å²) in [5.74, 6) is 1.36. The van der Waals surface area contributed by atoms with Crippen LogP contribution in [0, 0.1) is 5.82 Å². The van der Waals surface area contributed by atoms with Crippen molar-refractivity contribution in [2.24, 2.45) is 0 Å². The number of carbonyl (C=O) groups is 1. The molecule has 4 rings (SSSR count). The lowest BCUT2D eigenvalue weighted by Gasteiger charge is -2.32. The molecule has 1 saturated heterocycles. The minimum atomic E-state index is -0.303. The largest absolute Gasteiger partial charge is 0.355 e. The normalized spacial score (nSPS) is 18.4. The molecule has 0 unspecified atom stereocenters. The van der Waals surface area contributed by atoms with Crippen LogP contribution in [0.25, 0.3) is 0 Å². The molecule has 1 aromatic carbocycles. The second kappa shape index (κ2) is 6.86. The molecule has 0 bridgehead atoms. The van der Waals surface area contributed by atoms with E-state index in [9.17, 15) is 9.18 Å². The first-order chi connectivity index (χ1) is 12.2. The first kappa shape index (κ1) is 16.1.